The molecule has 0 bridgehead atoms. The summed E-state index contributed by atoms with van der Waals surface area (Å²) < 4.78 is 5.07. The molecule has 0 aromatic heterocycles. The summed E-state index contributed by atoms with van der Waals surface area (Å²) in [5.41, 5.74) is 0. The Morgan fingerprint density at radius 2 is 1.25 bits per heavy atom. The molecule has 2 heteroatoms. The van der Waals surface area contributed by atoms with Crippen molar-refractivity contribution in [2.45, 2.75) is 38.5 Å². The summed E-state index contributed by atoms with van der Waals surface area (Å²) in [4.78, 5) is 0. The van der Waals surface area contributed by atoms with E-state index >= 15 is 0 Å². The van der Waals surface area contributed by atoms with Gasteiger partial charge in [0.15, 0.2) is 0 Å². The number of rotatable bonds is 0. The topological polar surface area (TPSA) is 9.23 Å². The first kappa shape index (κ1) is 10.4. The van der Waals surface area contributed by atoms with Crippen LogP contribution in [0.5, 0.6) is 0 Å². The SMILES string of the molecule is C1CCOCC1.C1CCSCC1. The Balaban J connectivity index is 0.000000120. The predicted molar refractivity (Wildman–Crippen MR) is 55.8 cm³/mol. The van der Waals surface area contributed by atoms with Crippen molar-refractivity contribution >= 4 is 11.8 Å². The van der Waals surface area contributed by atoms with Gasteiger partial charge in [-0.3, -0.25) is 0 Å². The molecule has 72 valence electrons. The minimum atomic E-state index is 1.00. The van der Waals surface area contributed by atoms with Crippen molar-refractivity contribution in [1.29, 1.82) is 0 Å². The summed E-state index contributed by atoms with van der Waals surface area (Å²) in [5.74, 6) is 2.83. The first-order valence-corrected chi connectivity index (χ1v) is 6.31. The molecule has 0 aromatic carbocycles. The fourth-order valence-corrected chi connectivity index (χ4v) is 2.39. The molecule has 2 saturated heterocycles. The van der Waals surface area contributed by atoms with Gasteiger partial charge in [-0.2, -0.15) is 11.8 Å². The summed E-state index contributed by atoms with van der Waals surface area (Å²) in [5, 5.41) is 0. The maximum atomic E-state index is 5.07. The van der Waals surface area contributed by atoms with Gasteiger partial charge in [-0.1, -0.05) is 6.42 Å². The van der Waals surface area contributed by atoms with E-state index in [0.717, 1.165) is 13.2 Å². The summed E-state index contributed by atoms with van der Waals surface area (Å²) in [6, 6.07) is 0. The first-order chi connectivity index (χ1) is 6.00. The predicted octanol–water partition coefficient (Wildman–Crippen LogP) is 3.09. The monoisotopic (exact) mass is 188 g/mol. The lowest BCUT2D eigenvalue weighted by atomic mass is 10.2. The third-order valence-electron chi connectivity index (χ3n) is 2.15. The molecule has 0 atom stereocenters. The van der Waals surface area contributed by atoms with E-state index in [1.807, 2.05) is 0 Å². The second-order valence-electron chi connectivity index (χ2n) is 3.35. The van der Waals surface area contributed by atoms with Crippen LogP contribution in [0.25, 0.3) is 0 Å². The normalized spacial score (nSPS) is 24.0. The number of ether oxygens (including phenoxy) is 1. The van der Waals surface area contributed by atoms with Gasteiger partial charge in [0.05, 0.1) is 0 Å². The van der Waals surface area contributed by atoms with E-state index in [2.05, 4.69) is 11.8 Å². The van der Waals surface area contributed by atoms with Crippen molar-refractivity contribution < 1.29 is 4.74 Å². The van der Waals surface area contributed by atoms with Gasteiger partial charge in [0.2, 0.25) is 0 Å². The van der Waals surface area contributed by atoms with E-state index in [9.17, 15) is 0 Å². The van der Waals surface area contributed by atoms with Gasteiger partial charge < -0.3 is 4.74 Å². The highest BCUT2D eigenvalue weighted by molar-refractivity contribution is 7.99. The molecule has 2 rings (SSSR count). The van der Waals surface area contributed by atoms with Gasteiger partial charge >= 0.3 is 0 Å². The first-order valence-electron chi connectivity index (χ1n) is 5.15. The molecule has 2 aliphatic heterocycles. The molecule has 0 radical (unpaired) electrons. The number of hydrogen-bond acceptors (Lipinski definition) is 2. The minimum Gasteiger partial charge on any atom is -0.381 e. The Morgan fingerprint density at radius 3 is 1.42 bits per heavy atom. The fraction of sp³-hybridized carbons (Fsp3) is 1.00. The molecule has 2 heterocycles. The Hall–Kier alpha value is 0.310. The van der Waals surface area contributed by atoms with Crippen LogP contribution < -0.4 is 0 Å². The zero-order valence-corrected chi connectivity index (χ0v) is 8.70. The maximum absolute atomic E-state index is 5.07. The van der Waals surface area contributed by atoms with Crippen molar-refractivity contribution in [1.82, 2.24) is 0 Å². The lowest BCUT2D eigenvalue weighted by Crippen LogP contribution is -2.03. The quantitative estimate of drug-likeness (QED) is 0.578. The highest BCUT2D eigenvalue weighted by atomic mass is 32.2. The molecular formula is C10H20OS. The molecule has 12 heavy (non-hydrogen) atoms. The zero-order valence-electron chi connectivity index (χ0n) is 7.89. The Labute approximate surface area is 80.3 Å². The van der Waals surface area contributed by atoms with Crippen LogP contribution in [0.4, 0.5) is 0 Å². The average molecular weight is 188 g/mol. The second-order valence-corrected chi connectivity index (χ2v) is 4.57. The molecule has 0 saturated carbocycles. The lowest BCUT2D eigenvalue weighted by Gasteiger charge is -2.08. The second kappa shape index (κ2) is 7.93. The average Bonchev–Trinajstić information content (AvgIpc) is 2.24. The van der Waals surface area contributed by atoms with Crippen LogP contribution in [0, 0.1) is 0 Å². The highest BCUT2D eigenvalue weighted by Crippen LogP contribution is 2.14. The smallest absolute Gasteiger partial charge is 0.0466 e. The van der Waals surface area contributed by atoms with Crippen molar-refractivity contribution in [3.05, 3.63) is 0 Å². The van der Waals surface area contributed by atoms with E-state index in [-0.39, 0.29) is 0 Å². The van der Waals surface area contributed by atoms with E-state index in [0.29, 0.717) is 0 Å². The molecule has 0 N–H and O–H groups in total. The lowest BCUT2D eigenvalue weighted by molar-refractivity contribution is 0.0968. The fourth-order valence-electron chi connectivity index (χ4n) is 1.37. The third-order valence-corrected chi connectivity index (χ3v) is 3.31. The molecule has 0 unspecified atom stereocenters. The van der Waals surface area contributed by atoms with Crippen LogP contribution in [-0.2, 0) is 4.74 Å². The van der Waals surface area contributed by atoms with Crippen molar-refractivity contribution in [2.24, 2.45) is 0 Å². The van der Waals surface area contributed by atoms with Gasteiger partial charge in [0, 0.05) is 13.2 Å². The molecule has 2 aliphatic rings. The van der Waals surface area contributed by atoms with E-state index in [1.165, 1.54) is 50.0 Å². The van der Waals surface area contributed by atoms with Crippen molar-refractivity contribution in [2.75, 3.05) is 24.7 Å². The van der Waals surface area contributed by atoms with Crippen LogP contribution in [0.15, 0.2) is 0 Å². The molecule has 1 nitrogen and oxygen atoms in total. The third kappa shape index (κ3) is 5.90. The van der Waals surface area contributed by atoms with E-state index < -0.39 is 0 Å². The van der Waals surface area contributed by atoms with Crippen molar-refractivity contribution in [3.63, 3.8) is 0 Å². The molecule has 0 aliphatic carbocycles. The summed E-state index contributed by atoms with van der Waals surface area (Å²) in [7, 11) is 0. The van der Waals surface area contributed by atoms with Crippen LogP contribution in [0.1, 0.15) is 38.5 Å². The van der Waals surface area contributed by atoms with Crippen LogP contribution in [0.2, 0.25) is 0 Å². The summed E-state index contributed by atoms with van der Waals surface area (Å²) >= 11 is 2.09. The van der Waals surface area contributed by atoms with E-state index in [4.69, 9.17) is 4.74 Å². The standard InChI is InChI=1S/C5H10O.C5H10S/c2*1-2-4-6-5-3-1/h2*1-5H2. The molecule has 0 aromatic rings. The minimum absolute atomic E-state index is 1.00. The Bertz CT molecular complexity index is 52.8. The van der Waals surface area contributed by atoms with Gasteiger partial charge in [0.25, 0.3) is 0 Å². The molecule has 2 fully saturated rings. The van der Waals surface area contributed by atoms with Gasteiger partial charge in [0.1, 0.15) is 0 Å². The maximum Gasteiger partial charge on any atom is 0.0466 e. The molecule has 0 spiro atoms. The summed E-state index contributed by atoms with van der Waals surface area (Å²) in [6.07, 6.45) is 8.34. The van der Waals surface area contributed by atoms with E-state index in [1.54, 1.807) is 0 Å². The number of thioether (sulfide) groups is 1. The van der Waals surface area contributed by atoms with Crippen molar-refractivity contribution in [3.8, 4) is 0 Å². The van der Waals surface area contributed by atoms with Crippen LogP contribution in [-0.4, -0.2) is 24.7 Å². The van der Waals surface area contributed by atoms with Crippen LogP contribution >= 0.6 is 11.8 Å². The molecular weight excluding hydrogens is 168 g/mol. The van der Waals surface area contributed by atoms with Crippen LogP contribution in [0.3, 0.4) is 0 Å². The van der Waals surface area contributed by atoms with Gasteiger partial charge in [-0.25, -0.2) is 0 Å². The Kier molecular flexibility index (Phi) is 6.87. The Morgan fingerprint density at radius 1 is 0.667 bits per heavy atom. The largest absolute Gasteiger partial charge is 0.381 e. The summed E-state index contributed by atoms with van der Waals surface area (Å²) in [6.45, 7) is 2.00. The molecule has 0 amide bonds. The van der Waals surface area contributed by atoms with Gasteiger partial charge in [-0.05, 0) is 43.6 Å². The van der Waals surface area contributed by atoms with Gasteiger partial charge in [-0.15, -0.1) is 0 Å². The zero-order chi connectivity index (χ0) is 8.49. The highest BCUT2D eigenvalue weighted by Gasteiger charge is 1.95. The number of hydrogen-bond donors (Lipinski definition) is 0.